The Hall–Kier alpha value is -3.64. The highest BCUT2D eigenvalue weighted by molar-refractivity contribution is 7.26. The lowest BCUT2D eigenvalue weighted by molar-refractivity contribution is 0.00578. The highest BCUT2D eigenvalue weighted by atomic mass is 32.1. The summed E-state index contributed by atoms with van der Waals surface area (Å²) in [6.07, 6.45) is 0. The molecule has 0 aliphatic carbocycles. The van der Waals surface area contributed by atoms with Crippen LogP contribution in [0.1, 0.15) is 27.7 Å². The van der Waals surface area contributed by atoms with Gasteiger partial charge in [-0.05, 0) is 85.4 Å². The van der Waals surface area contributed by atoms with Crippen LogP contribution in [-0.4, -0.2) is 18.3 Å². The van der Waals surface area contributed by atoms with Crippen LogP contribution < -0.4 is 5.46 Å². The maximum Gasteiger partial charge on any atom is 0.495 e. The van der Waals surface area contributed by atoms with E-state index in [1.807, 2.05) is 23.5 Å². The van der Waals surface area contributed by atoms with Gasteiger partial charge in [-0.2, -0.15) is 0 Å². The Bertz CT molecular complexity index is 2080. The first kappa shape index (κ1) is 23.3. The van der Waals surface area contributed by atoms with Gasteiger partial charge in [0.2, 0.25) is 0 Å². The molecule has 1 fully saturated rings. The lowest BCUT2D eigenvalue weighted by Gasteiger charge is -2.32. The van der Waals surface area contributed by atoms with E-state index in [1.54, 1.807) is 0 Å². The minimum absolute atomic E-state index is 0.408. The third-order valence-corrected chi connectivity index (χ3v) is 9.95. The van der Waals surface area contributed by atoms with E-state index in [0.29, 0.717) is 0 Å². The molecule has 1 saturated heterocycles. The van der Waals surface area contributed by atoms with Crippen molar-refractivity contribution >= 4 is 76.8 Å². The third-order valence-electron chi connectivity index (χ3n) is 8.73. The maximum atomic E-state index is 6.44. The molecule has 0 atom stereocenters. The van der Waals surface area contributed by atoms with E-state index in [-0.39, 0.29) is 0 Å². The monoisotopic (exact) mass is 526 g/mol. The number of benzene rings is 5. The Morgan fingerprint density at radius 3 is 2.18 bits per heavy atom. The SMILES string of the molecule is CC1(C)OB(c2cccc3oc4ccc(-c5ccc6sc7c8ccccc8ccc7c6c5)cc4c23)OC1(C)C. The van der Waals surface area contributed by atoms with Gasteiger partial charge in [0.1, 0.15) is 11.2 Å². The van der Waals surface area contributed by atoms with Crippen LogP contribution in [0.25, 0.3) is 64.0 Å². The average molecular weight is 526 g/mol. The van der Waals surface area contributed by atoms with Crippen molar-refractivity contribution in [3.63, 3.8) is 0 Å². The second kappa shape index (κ2) is 7.95. The van der Waals surface area contributed by atoms with Crippen LogP contribution in [0.15, 0.2) is 95.4 Å². The quantitative estimate of drug-likeness (QED) is 0.211. The van der Waals surface area contributed by atoms with Crippen molar-refractivity contribution in [1.82, 2.24) is 0 Å². The molecule has 8 rings (SSSR count). The molecule has 7 aromatic rings. The van der Waals surface area contributed by atoms with Crippen molar-refractivity contribution in [2.24, 2.45) is 0 Å². The Kier molecular flexibility index (Phi) is 4.74. The van der Waals surface area contributed by atoms with Crippen molar-refractivity contribution in [3.8, 4) is 11.1 Å². The summed E-state index contributed by atoms with van der Waals surface area (Å²) in [5.41, 5.74) is 4.26. The van der Waals surface area contributed by atoms with Gasteiger partial charge in [-0.1, -0.05) is 60.7 Å². The van der Waals surface area contributed by atoms with Crippen molar-refractivity contribution < 1.29 is 13.7 Å². The third kappa shape index (κ3) is 3.37. The normalized spacial score (nSPS) is 16.9. The molecule has 39 heavy (non-hydrogen) atoms. The number of thiophene rings is 1. The van der Waals surface area contributed by atoms with E-state index in [2.05, 4.69) is 107 Å². The molecule has 0 N–H and O–H groups in total. The fourth-order valence-corrected chi connectivity index (χ4v) is 7.10. The summed E-state index contributed by atoms with van der Waals surface area (Å²) in [5.74, 6) is 0. The minimum Gasteiger partial charge on any atom is -0.456 e. The first-order chi connectivity index (χ1) is 18.8. The van der Waals surface area contributed by atoms with Gasteiger partial charge < -0.3 is 13.7 Å². The fourth-order valence-electron chi connectivity index (χ4n) is 5.88. The first-order valence-corrected chi connectivity index (χ1v) is 14.3. The molecule has 0 spiro atoms. The molecule has 5 aromatic carbocycles. The number of rotatable bonds is 2. The number of hydrogen-bond acceptors (Lipinski definition) is 4. The summed E-state index contributed by atoms with van der Waals surface area (Å²) in [6, 6.07) is 32.6. The Labute approximate surface area is 231 Å². The van der Waals surface area contributed by atoms with E-state index in [4.69, 9.17) is 13.7 Å². The van der Waals surface area contributed by atoms with Gasteiger partial charge in [0.05, 0.1) is 11.2 Å². The minimum atomic E-state index is -0.452. The molecular formula is C34H27BO3S. The summed E-state index contributed by atoms with van der Waals surface area (Å²) < 4.78 is 21.8. The molecule has 3 nitrogen and oxygen atoms in total. The zero-order valence-corrected chi connectivity index (χ0v) is 23.2. The molecule has 5 heteroatoms. The Balaban J connectivity index is 1.30. The topological polar surface area (TPSA) is 31.6 Å². The molecule has 1 aliphatic rings. The van der Waals surface area contributed by atoms with Crippen LogP contribution in [0.2, 0.25) is 0 Å². The van der Waals surface area contributed by atoms with Crippen molar-refractivity contribution in [3.05, 3.63) is 91.0 Å². The molecule has 3 heterocycles. The maximum absolute atomic E-state index is 6.44. The molecule has 0 saturated carbocycles. The number of fused-ring (bicyclic) bond motifs is 8. The van der Waals surface area contributed by atoms with E-state index in [9.17, 15) is 0 Å². The van der Waals surface area contributed by atoms with Gasteiger partial charge in [0.15, 0.2) is 0 Å². The summed E-state index contributed by atoms with van der Waals surface area (Å²) >= 11 is 1.87. The summed E-state index contributed by atoms with van der Waals surface area (Å²) in [5, 5.41) is 7.35. The van der Waals surface area contributed by atoms with E-state index >= 15 is 0 Å². The molecule has 0 radical (unpaired) electrons. The molecule has 0 unspecified atom stereocenters. The van der Waals surface area contributed by atoms with Crippen LogP contribution in [0.3, 0.4) is 0 Å². The van der Waals surface area contributed by atoms with Crippen LogP contribution in [0.4, 0.5) is 0 Å². The van der Waals surface area contributed by atoms with E-state index in [1.165, 1.54) is 36.5 Å². The molecule has 190 valence electrons. The zero-order chi connectivity index (χ0) is 26.5. The van der Waals surface area contributed by atoms with Crippen LogP contribution >= 0.6 is 11.3 Å². The Morgan fingerprint density at radius 2 is 1.36 bits per heavy atom. The molecule has 1 aliphatic heterocycles. The van der Waals surface area contributed by atoms with Crippen molar-refractivity contribution in [2.45, 2.75) is 38.9 Å². The van der Waals surface area contributed by atoms with Gasteiger partial charge in [-0.15, -0.1) is 11.3 Å². The van der Waals surface area contributed by atoms with E-state index in [0.717, 1.165) is 33.0 Å². The lowest BCUT2D eigenvalue weighted by Crippen LogP contribution is -2.41. The van der Waals surface area contributed by atoms with Crippen molar-refractivity contribution in [1.29, 1.82) is 0 Å². The largest absolute Gasteiger partial charge is 0.495 e. The highest BCUT2D eigenvalue weighted by Crippen LogP contribution is 2.41. The van der Waals surface area contributed by atoms with Crippen LogP contribution in [0.5, 0.6) is 0 Å². The smallest absolute Gasteiger partial charge is 0.456 e. The van der Waals surface area contributed by atoms with Gasteiger partial charge >= 0.3 is 7.12 Å². The summed E-state index contributed by atoms with van der Waals surface area (Å²) in [7, 11) is -0.452. The van der Waals surface area contributed by atoms with Crippen LogP contribution in [-0.2, 0) is 9.31 Å². The summed E-state index contributed by atoms with van der Waals surface area (Å²) in [4.78, 5) is 0. The predicted molar refractivity (Wildman–Crippen MR) is 165 cm³/mol. The predicted octanol–water partition coefficient (Wildman–Crippen LogP) is 9.07. The van der Waals surface area contributed by atoms with Gasteiger partial charge in [0, 0.05) is 30.9 Å². The average Bonchev–Trinajstić information content (AvgIpc) is 3.56. The molecule has 0 bridgehead atoms. The van der Waals surface area contributed by atoms with Crippen LogP contribution in [0, 0.1) is 0 Å². The standard InChI is InChI=1S/C34H27BO3S/c1-33(2)34(3,4)38-35(37-33)27-10-7-11-29-31(27)26-19-21(13-16-28(26)36-29)22-14-17-30-25(18-22)24-15-12-20-8-5-6-9-23(20)32(24)39-30/h5-19H,1-4H3. The second-order valence-electron chi connectivity index (χ2n) is 11.6. The van der Waals surface area contributed by atoms with Crippen molar-refractivity contribution in [2.75, 3.05) is 0 Å². The second-order valence-corrected chi connectivity index (χ2v) is 12.7. The summed E-state index contributed by atoms with van der Waals surface area (Å²) in [6.45, 7) is 8.36. The number of furan rings is 1. The van der Waals surface area contributed by atoms with Gasteiger partial charge in [-0.25, -0.2) is 0 Å². The molecule has 2 aromatic heterocycles. The Morgan fingerprint density at radius 1 is 0.615 bits per heavy atom. The zero-order valence-electron chi connectivity index (χ0n) is 22.4. The van der Waals surface area contributed by atoms with E-state index < -0.39 is 18.3 Å². The fraction of sp³-hybridized carbons (Fsp3) is 0.176. The van der Waals surface area contributed by atoms with Gasteiger partial charge in [0.25, 0.3) is 0 Å². The first-order valence-electron chi connectivity index (χ1n) is 13.4. The molecular weight excluding hydrogens is 499 g/mol. The van der Waals surface area contributed by atoms with Gasteiger partial charge in [-0.3, -0.25) is 0 Å². The number of hydrogen-bond donors (Lipinski definition) is 0. The molecule has 0 amide bonds. The lowest BCUT2D eigenvalue weighted by atomic mass is 9.76. The highest BCUT2D eigenvalue weighted by Gasteiger charge is 2.52.